The first-order valence-corrected chi connectivity index (χ1v) is 6.50. The highest BCUT2D eigenvalue weighted by molar-refractivity contribution is 5.28. The summed E-state index contributed by atoms with van der Waals surface area (Å²) < 4.78 is 56.2. The number of hydrogen-bond acceptors (Lipinski definition) is 2. The number of halogens is 4. The van der Waals surface area contributed by atoms with Gasteiger partial charge in [-0.25, -0.2) is 4.39 Å². The Bertz CT molecular complexity index is 453. The van der Waals surface area contributed by atoms with Gasteiger partial charge in [0.05, 0.1) is 11.7 Å². The molecule has 2 nitrogen and oxygen atoms in total. The SMILES string of the molecule is OC(CC1CCOCC1)c1ccc(F)c(C(F)(F)F)c1. The zero-order valence-electron chi connectivity index (χ0n) is 10.8. The van der Waals surface area contributed by atoms with E-state index in [1.165, 1.54) is 6.07 Å². The van der Waals surface area contributed by atoms with E-state index in [1.807, 2.05) is 0 Å². The molecule has 0 amide bonds. The molecule has 0 bridgehead atoms. The fourth-order valence-corrected chi connectivity index (χ4v) is 2.40. The van der Waals surface area contributed by atoms with E-state index in [0.717, 1.165) is 18.9 Å². The third-order valence-corrected chi connectivity index (χ3v) is 3.58. The van der Waals surface area contributed by atoms with Crippen molar-refractivity contribution in [3.05, 3.63) is 35.1 Å². The van der Waals surface area contributed by atoms with Gasteiger partial charge in [0, 0.05) is 13.2 Å². The van der Waals surface area contributed by atoms with E-state index in [9.17, 15) is 22.7 Å². The minimum Gasteiger partial charge on any atom is -0.388 e. The van der Waals surface area contributed by atoms with Crippen LogP contribution in [0.1, 0.15) is 36.5 Å². The second kappa shape index (κ2) is 6.10. The summed E-state index contributed by atoms with van der Waals surface area (Å²) >= 11 is 0. The molecule has 1 N–H and O–H groups in total. The molecule has 1 aliphatic heterocycles. The number of alkyl halides is 3. The van der Waals surface area contributed by atoms with Gasteiger partial charge in [-0.1, -0.05) is 6.07 Å². The fourth-order valence-electron chi connectivity index (χ4n) is 2.40. The van der Waals surface area contributed by atoms with Crippen LogP contribution in [0.4, 0.5) is 17.6 Å². The summed E-state index contributed by atoms with van der Waals surface area (Å²) in [4.78, 5) is 0. The van der Waals surface area contributed by atoms with Crippen LogP contribution in [-0.2, 0) is 10.9 Å². The smallest absolute Gasteiger partial charge is 0.388 e. The van der Waals surface area contributed by atoms with Crippen LogP contribution in [0.2, 0.25) is 0 Å². The van der Waals surface area contributed by atoms with Gasteiger partial charge in [0.15, 0.2) is 0 Å². The summed E-state index contributed by atoms with van der Waals surface area (Å²) in [5, 5.41) is 10.0. The lowest BCUT2D eigenvalue weighted by molar-refractivity contribution is -0.140. The number of rotatable bonds is 3. The van der Waals surface area contributed by atoms with Crippen molar-refractivity contribution in [1.29, 1.82) is 0 Å². The van der Waals surface area contributed by atoms with Crippen LogP contribution in [0.5, 0.6) is 0 Å². The predicted molar refractivity (Wildman–Crippen MR) is 64.5 cm³/mol. The van der Waals surface area contributed by atoms with E-state index < -0.39 is 23.7 Å². The first-order chi connectivity index (χ1) is 9.38. The van der Waals surface area contributed by atoms with E-state index in [4.69, 9.17) is 4.74 Å². The molecule has 1 aliphatic rings. The summed E-state index contributed by atoms with van der Waals surface area (Å²) in [6.07, 6.45) is -3.83. The van der Waals surface area contributed by atoms with Gasteiger partial charge in [-0.15, -0.1) is 0 Å². The lowest BCUT2D eigenvalue weighted by atomic mass is 9.90. The van der Waals surface area contributed by atoms with Crippen molar-refractivity contribution < 1.29 is 27.4 Å². The maximum Gasteiger partial charge on any atom is 0.419 e. The van der Waals surface area contributed by atoms with Crippen LogP contribution in [0.3, 0.4) is 0 Å². The van der Waals surface area contributed by atoms with Crippen LogP contribution in [0.15, 0.2) is 18.2 Å². The molecule has 1 heterocycles. The molecular weight excluding hydrogens is 276 g/mol. The van der Waals surface area contributed by atoms with E-state index >= 15 is 0 Å². The Morgan fingerprint density at radius 3 is 2.50 bits per heavy atom. The molecule has 112 valence electrons. The van der Waals surface area contributed by atoms with E-state index in [-0.39, 0.29) is 11.5 Å². The highest BCUT2D eigenvalue weighted by Crippen LogP contribution is 2.34. The van der Waals surface area contributed by atoms with Crippen molar-refractivity contribution in [2.75, 3.05) is 13.2 Å². The number of aliphatic hydroxyl groups is 1. The van der Waals surface area contributed by atoms with Crippen LogP contribution in [0, 0.1) is 11.7 Å². The normalized spacial score (nSPS) is 19.1. The van der Waals surface area contributed by atoms with Gasteiger partial charge in [0.25, 0.3) is 0 Å². The Kier molecular flexibility index (Phi) is 4.65. The van der Waals surface area contributed by atoms with Gasteiger partial charge in [-0.2, -0.15) is 13.2 Å². The Balaban J connectivity index is 2.11. The topological polar surface area (TPSA) is 29.5 Å². The van der Waals surface area contributed by atoms with E-state index in [2.05, 4.69) is 0 Å². The number of ether oxygens (including phenoxy) is 1. The summed E-state index contributed by atoms with van der Waals surface area (Å²) in [6.45, 7) is 1.21. The maximum absolute atomic E-state index is 13.2. The average Bonchev–Trinajstić information content (AvgIpc) is 2.39. The average molecular weight is 292 g/mol. The first kappa shape index (κ1) is 15.3. The van der Waals surface area contributed by atoms with E-state index in [1.54, 1.807) is 0 Å². The molecule has 6 heteroatoms. The van der Waals surface area contributed by atoms with Gasteiger partial charge >= 0.3 is 6.18 Å². The van der Waals surface area contributed by atoms with Crippen LogP contribution in [0.25, 0.3) is 0 Å². The standard InChI is InChI=1S/C14H16F4O2/c15-12-2-1-10(8-11(12)14(16,17)18)13(19)7-9-3-5-20-6-4-9/h1-2,8-9,13,19H,3-7H2. The minimum atomic E-state index is -4.75. The molecule has 1 atom stereocenters. The van der Waals surface area contributed by atoms with Crippen molar-refractivity contribution in [1.82, 2.24) is 0 Å². The van der Waals surface area contributed by atoms with Gasteiger partial charge in [0.1, 0.15) is 5.82 Å². The maximum atomic E-state index is 13.2. The molecular formula is C14H16F4O2. The number of hydrogen-bond donors (Lipinski definition) is 1. The van der Waals surface area contributed by atoms with Gasteiger partial charge in [-0.3, -0.25) is 0 Å². The van der Waals surface area contributed by atoms with E-state index in [0.29, 0.717) is 25.7 Å². The van der Waals surface area contributed by atoms with Crippen molar-refractivity contribution in [2.24, 2.45) is 5.92 Å². The van der Waals surface area contributed by atoms with Crippen molar-refractivity contribution in [3.63, 3.8) is 0 Å². The molecule has 1 unspecified atom stereocenters. The van der Waals surface area contributed by atoms with Gasteiger partial charge < -0.3 is 9.84 Å². The van der Waals surface area contributed by atoms with Gasteiger partial charge in [0.2, 0.25) is 0 Å². The van der Waals surface area contributed by atoms with Crippen molar-refractivity contribution in [2.45, 2.75) is 31.5 Å². The highest BCUT2D eigenvalue weighted by Gasteiger charge is 2.34. The van der Waals surface area contributed by atoms with Crippen LogP contribution < -0.4 is 0 Å². The molecule has 1 aromatic carbocycles. The minimum absolute atomic E-state index is 0.102. The Labute approximate surface area is 114 Å². The Morgan fingerprint density at radius 2 is 1.90 bits per heavy atom. The predicted octanol–water partition coefficient (Wildman–Crippen LogP) is 3.69. The molecule has 1 saturated heterocycles. The zero-order chi connectivity index (χ0) is 14.8. The van der Waals surface area contributed by atoms with Crippen molar-refractivity contribution >= 4 is 0 Å². The van der Waals surface area contributed by atoms with Crippen LogP contribution in [-0.4, -0.2) is 18.3 Å². The molecule has 0 radical (unpaired) electrons. The summed E-state index contributed by atoms with van der Waals surface area (Å²) in [7, 11) is 0. The Hall–Kier alpha value is -1.14. The Morgan fingerprint density at radius 1 is 1.25 bits per heavy atom. The third kappa shape index (κ3) is 3.70. The van der Waals surface area contributed by atoms with Gasteiger partial charge in [-0.05, 0) is 42.9 Å². The largest absolute Gasteiger partial charge is 0.419 e. The zero-order valence-corrected chi connectivity index (χ0v) is 10.8. The summed E-state index contributed by atoms with van der Waals surface area (Å²) in [5.41, 5.74) is -1.23. The summed E-state index contributed by atoms with van der Waals surface area (Å²) in [6, 6.07) is 2.65. The fraction of sp³-hybridized carbons (Fsp3) is 0.571. The first-order valence-electron chi connectivity index (χ1n) is 6.50. The molecule has 0 aromatic heterocycles. The molecule has 1 fully saturated rings. The lowest BCUT2D eigenvalue weighted by Gasteiger charge is -2.24. The lowest BCUT2D eigenvalue weighted by Crippen LogP contribution is -2.18. The molecule has 0 aliphatic carbocycles. The quantitative estimate of drug-likeness (QED) is 0.861. The number of benzene rings is 1. The highest BCUT2D eigenvalue weighted by atomic mass is 19.4. The van der Waals surface area contributed by atoms with Crippen LogP contribution >= 0.6 is 0 Å². The molecule has 0 saturated carbocycles. The van der Waals surface area contributed by atoms with Crippen molar-refractivity contribution in [3.8, 4) is 0 Å². The third-order valence-electron chi connectivity index (χ3n) is 3.58. The summed E-state index contributed by atoms with van der Waals surface area (Å²) in [5.74, 6) is -1.10. The molecule has 2 rings (SSSR count). The number of aliphatic hydroxyl groups excluding tert-OH is 1. The second-order valence-electron chi connectivity index (χ2n) is 5.04. The second-order valence-corrected chi connectivity index (χ2v) is 5.04. The molecule has 20 heavy (non-hydrogen) atoms. The monoisotopic (exact) mass is 292 g/mol. The molecule has 1 aromatic rings. The molecule has 0 spiro atoms.